The summed E-state index contributed by atoms with van der Waals surface area (Å²) in [6, 6.07) is 14.9. The third kappa shape index (κ3) is 5.89. The average molecular weight is 628 g/mol. The number of hydrogen-bond donors (Lipinski definition) is 0. The van der Waals surface area contributed by atoms with Crippen molar-refractivity contribution in [2.24, 2.45) is 11.8 Å². The molecule has 2 aromatic carbocycles. The van der Waals surface area contributed by atoms with Crippen molar-refractivity contribution in [3.8, 4) is 11.6 Å². The molecule has 9 nitrogen and oxygen atoms in total. The number of ether oxygens (including phenoxy) is 5. The van der Waals surface area contributed by atoms with Gasteiger partial charge in [-0.15, -0.1) is 0 Å². The second-order valence-electron chi connectivity index (χ2n) is 13.1. The molecule has 2 aromatic heterocycles. The quantitative estimate of drug-likeness (QED) is 0.202. The van der Waals surface area contributed by atoms with E-state index < -0.39 is 0 Å². The Balaban J connectivity index is 0.969. The molecule has 8 rings (SSSR count). The molecule has 1 aliphatic carbocycles. The van der Waals surface area contributed by atoms with Crippen molar-refractivity contribution in [2.45, 2.75) is 69.8 Å². The van der Waals surface area contributed by atoms with Gasteiger partial charge in [-0.2, -0.15) is 0 Å². The van der Waals surface area contributed by atoms with Crippen LogP contribution in [-0.2, 0) is 45.2 Å². The topological polar surface area (TPSA) is 93.9 Å². The Hall–Kier alpha value is -3.86. The van der Waals surface area contributed by atoms with Crippen LogP contribution in [0.15, 0.2) is 48.5 Å². The highest BCUT2D eigenvalue weighted by molar-refractivity contribution is 5.78. The highest BCUT2D eigenvalue weighted by atomic mass is 19.1. The average Bonchev–Trinajstić information content (AvgIpc) is 3.23. The van der Waals surface area contributed by atoms with Crippen molar-refractivity contribution in [1.82, 2.24) is 14.5 Å². The lowest BCUT2D eigenvalue weighted by Crippen LogP contribution is -2.32. The van der Waals surface area contributed by atoms with Gasteiger partial charge in [0.05, 0.1) is 55.8 Å². The Morgan fingerprint density at radius 2 is 1.91 bits per heavy atom. The van der Waals surface area contributed by atoms with Crippen LogP contribution in [-0.4, -0.2) is 53.5 Å². The van der Waals surface area contributed by atoms with Gasteiger partial charge in [0.15, 0.2) is 0 Å². The van der Waals surface area contributed by atoms with Gasteiger partial charge < -0.3 is 28.3 Å². The van der Waals surface area contributed by atoms with Crippen LogP contribution < -0.4 is 9.47 Å². The molecule has 0 N–H and O–H groups in total. The summed E-state index contributed by atoms with van der Waals surface area (Å²) in [6.07, 6.45) is 5.14. The van der Waals surface area contributed by atoms with E-state index in [0.29, 0.717) is 61.9 Å². The van der Waals surface area contributed by atoms with Crippen molar-refractivity contribution < 1.29 is 32.9 Å². The number of carbonyl (C=O) groups is 1. The molecule has 1 saturated carbocycles. The summed E-state index contributed by atoms with van der Waals surface area (Å²) in [4.78, 5) is 21.0. The van der Waals surface area contributed by atoms with E-state index in [9.17, 15) is 9.18 Å². The molecule has 4 aliphatic rings. The Labute approximate surface area is 267 Å². The number of carbonyl (C=O) groups excluding carboxylic acids is 1. The molecule has 5 heterocycles. The van der Waals surface area contributed by atoms with Crippen molar-refractivity contribution in [3.63, 3.8) is 0 Å². The van der Waals surface area contributed by atoms with Crippen molar-refractivity contribution in [3.05, 3.63) is 82.6 Å². The van der Waals surface area contributed by atoms with Gasteiger partial charge in [0.2, 0.25) is 5.88 Å². The molecule has 2 saturated heterocycles. The third-order valence-electron chi connectivity index (χ3n) is 10.2. The molecule has 10 heteroatoms. The molecule has 4 atom stereocenters. The SMILES string of the molecule is O=COc1ccc2nc(CC3CC[C@@H]4c5nc(OCc6ccc(C7COC7)cc6F)ccc5COC[C@@H]4C3)n(C[C@@H]3CCO3)c2c1. The molecule has 0 amide bonds. The normalized spacial score (nSPS) is 24.3. The molecular formula is C36H38FN3O6. The first-order valence-corrected chi connectivity index (χ1v) is 16.4. The number of imidazole rings is 1. The molecule has 46 heavy (non-hydrogen) atoms. The fourth-order valence-electron chi connectivity index (χ4n) is 7.47. The van der Waals surface area contributed by atoms with Crippen molar-refractivity contribution >= 4 is 17.5 Å². The van der Waals surface area contributed by atoms with Crippen LogP contribution in [0, 0.1) is 17.7 Å². The molecule has 3 aliphatic heterocycles. The van der Waals surface area contributed by atoms with Crippen LogP contribution in [0.4, 0.5) is 4.39 Å². The molecular weight excluding hydrogens is 589 g/mol. The summed E-state index contributed by atoms with van der Waals surface area (Å²) in [7, 11) is 0. The molecule has 0 bridgehead atoms. The Kier molecular flexibility index (Phi) is 8.18. The maximum absolute atomic E-state index is 14.8. The predicted octanol–water partition coefficient (Wildman–Crippen LogP) is 5.86. The van der Waals surface area contributed by atoms with Crippen LogP contribution >= 0.6 is 0 Å². The van der Waals surface area contributed by atoms with E-state index in [-0.39, 0.29) is 30.4 Å². The number of nitrogens with zero attached hydrogens (tertiary/aromatic N) is 3. The number of pyridine rings is 1. The van der Waals surface area contributed by atoms with E-state index in [1.807, 2.05) is 30.3 Å². The van der Waals surface area contributed by atoms with Gasteiger partial charge in [-0.05, 0) is 72.9 Å². The minimum atomic E-state index is -0.255. The number of fused-ring (bicyclic) bond motifs is 4. The number of hydrogen-bond acceptors (Lipinski definition) is 8. The molecule has 1 unspecified atom stereocenters. The lowest BCUT2D eigenvalue weighted by molar-refractivity contribution is -0.120. The smallest absolute Gasteiger partial charge is 0.298 e. The van der Waals surface area contributed by atoms with Gasteiger partial charge in [0.25, 0.3) is 6.47 Å². The van der Waals surface area contributed by atoms with Gasteiger partial charge in [-0.25, -0.2) is 14.4 Å². The van der Waals surface area contributed by atoms with Crippen molar-refractivity contribution in [2.75, 3.05) is 26.4 Å². The molecule has 3 fully saturated rings. The zero-order chi connectivity index (χ0) is 31.0. The van der Waals surface area contributed by atoms with Gasteiger partial charge in [-0.3, -0.25) is 4.79 Å². The van der Waals surface area contributed by atoms with E-state index in [4.69, 9.17) is 33.7 Å². The van der Waals surface area contributed by atoms with E-state index in [1.165, 1.54) is 0 Å². The van der Waals surface area contributed by atoms with Crippen molar-refractivity contribution in [1.29, 1.82) is 0 Å². The fraction of sp³-hybridized carbons (Fsp3) is 0.472. The summed E-state index contributed by atoms with van der Waals surface area (Å²) in [5.74, 6) is 3.16. The first kappa shape index (κ1) is 29.5. The summed E-state index contributed by atoms with van der Waals surface area (Å²) in [5.41, 5.74) is 5.51. The van der Waals surface area contributed by atoms with Crippen LogP contribution in [0.25, 0.3) is 11.0 Å². The molecule has 4 aromatic rings. The van der Waals surface area contributed by atoms with Gasteiger partial charge in [0, 0.05) is 42.6 Å². The minimum Gasteiger partial charge on any atom is -0.473 e. The van der Waals surface area contributed by atoms with Crippen LogP contribution in [0.2, 0.25) is 0 Å². The third-order valence-corrected chi connectivity index (χ3v) is 10.2. The number of rotatable bonds is 10. The zero-order valence-electron chi connectivity index (χ0n) is 25.7. The van der Waals surface area contributed by atoms with Gasteiger partial charge in [-0.1, -0.05) is 12.1 Å². The monoisotopic (exact) mass is 627 g/mol. The standard InChI is InChI=1S/C36H38FN3O6/c37-31-13-23(27-18-43-19-27)2-3-24(31)20-45-35-8-4-25-16-42-17-26-11-22(1-6-30(26)36(25)39-35)12-34-38-32-7-5-28(46-21-41)14-33(32)40(34)15-29-9-10-44-29/h2-5,7-8,13-14,21-22,26-27,29-30H,1,6,9-12,15-20H2/t22?,26-,29-,30-/m0/s1. The summed E-state index contributed by atoms with van der Waals surface area (Å²) in [5, 5.41) is 0. The second-order valence-corrected chi connectivity index (χ2v) is 13.1. The lowest BCUT2D eigenvalue weighted by atomic mass is 9.71. The Bertz CT molecular complexity index is 1730. The summed E-state index contributed by atoms with van der Waals surface area (Å²) < 4.78 is 45.5. The van der Waals surface area contributed by atoms with Crippen LogP contribution in [0.1, 0.15) is 65.7 Å². The zero-order valence-corrected chi connectivity index (χ0v) is 25.7. The Morgan fingerprint density at radius 3 is 2.70 bits per heavy atom. The Morgan fingerprint density at radius 1 is 1.00 bits per heavy atom. The minimum absolute atomic E-state index is 0.126. The lowest BCUT2D eigenvalue weighted by Gasteiger charge is -2.35. The summed E-state index contributed by atoms with van der Waals surface area (Å²) in [6.45, 7) is 4.64. The second kappa shape index (κ2) is 12.7. The van der Waals surface area contributed by atoms with E-state index >= 15 is 0 Å². The maximum atomic E-state index is 14.8. The number of benzene rings is 2. The largest absolute Gasteiger partial charge is 0.473 e. The van der Waals surface area contributed by atoms with Gasteiger partial charge in [0.1, 0.15) is 24.0 Å². The number of aromatic nitrogens is 3. The molecule has 0 radical (unpaired) electrons. The highest BCUT2D eigenvalue weighted by Gasteiger charge is 2.36. The number of halogens is 1. The molecule has 240 valence electrons. The van der Waals surface area contributed by atoms with E-state index in [0.717, 1.165) is 78.9 Å². The first-order valence-electron chi connectivity index (χ1n) is 16.4. The fourth-order valence-corrected chi connectivity index (χ4v) is 7.47. The van der Waals surface area contributed by atoms with E-state index in [1.54, 1.807) is 12.1 Å². The maximum Gasteiger partial charge on any atom is 0.298 e. The first-order chi connectivity index (χ1) is 22.6. The highest BCUT2D eigenvalue weighted by Crippen LogP contribution is 2.44. The van der Waals surface area contributed by atoms with Gasteiger partial charge >= 0.3 is 0 Å². The van der Waals surface area contributed by atoms with E-state index in [2.05, 4.69) is 10.6 Å². The van der Waals surface area contributed by atoms with Crippen LogP contribution in [0.5, 0.6) is 11.6 Å². The molecule has 0 spiro atoms. The summed E-state index contributed by atoms with van der Waals surface area (Å²) >= 11 is 0. The van der Waals surface area contributed by atoms with Crippen LogP contribution in [0.3, 0.4) is 0 Å². The predicted molar refractivity (Wildman–Crippen MR) is 166 cm³/mol.